The zero-order chi connectivity index (χ0) is 18.5. The van der Waals surface area contributed by atoms with Gasteiger partial charge in [-0.2, -0.15) is 0 Å². The number of nitrogens with zero attached hydrogens (tertiary/aromatic N) is 2. The molecule has 0 radical (unpaired) electrons. The highest BCUT2D eigenvalue weighted by atomic mass is 32.2. The lowest BCUT2D eigenvalue weighted by molar-refractivity contribution is -0.697. The van der Waals surface area contributed by atoms with Crippen LogP contribution in [0.25, 0.3) is 5.69 Å². The molecule has 0 unspecified atom stereocenters. The normalized spacial score (nSPS) is 11.0. The van der Waals surface area contributed by atoms with Crippen LogP contribution in [0.3, 0.4) is 0 Å². The van der Waals surface area contributed by atoms with Gasteiger partial charge in [-0.15, -0.1) is 0 Å². The number of thioether (sulfide) groups is 1. The van der Waals surface area contributed by atoms with Crippen LogP contribution in [0.4, 0.5) is 5.69 Å². The first-order chi connectivity index (χ1) is 12.8. The Kier molecular flexibility index (Phi) is 10.2. The monoisotopic (exact) mass is 372 g/mol. The number of rotatable bonds is 13. The fourth-order valence-corrected chi connectivity index (χ4v) is 4.11. The Bertz CT molecular complexity index is 616. The minimum Gasteiger partial charge on any atom is -0.397 e. The summed E-state index contributed by atoms with van der Waals surface area (Å²) in [6.45, 7) is 2.28. The topological polar surface area (TPSA) is 42.8 Å². The van der Waals surface area contributed by atoms with E-state index in [1.54, 1.807) is 6.20 Å². The SMILES string of the molecule is CCCCCCCCCCCCSc1cc(N)cn[n+]1-c1ccccc1. The van der Waals surface area contributed by atoms with Gasteiger partial charge in [-0.05, 0) is 11.1 Å². The molecule has 0 aliphatic carbocycles. The van der Waals surface area contributed by atoms with Gasteiger partial charge in [0.05, 0.1) is 5.69 Å². The van der Waals surface area contributed by atoms with Crippen molar-refractivity contribution in [2.75, 3.05) is 11.5 Å². The van der Waals surface area contributed by atoms with Gasteiger partial charge in [0, 0.05) is 29.1 Å². The molecule has 0 fully saturated rings. The standard InChI is InChI=1S/C22H33N3S/c1-2-3-4-5-6-7-8-9-10-14-17-26-22-18-20(23)19-24-25(22)21-15-12-11-13-16-21/h11-13,15-16,18-19,23H,2-10,14,17H2,1H3/p+1. The molecule has 1 heterocycles. The van der Waals surface area contributed by atoms with E-state index in [1.165, 1.54) is 64.2 Å². The number of hydrogen-bond acceptors (Lipinski definition) is 3. The average Bonchev–Trinajstić information content (AvgIpc) is 2.67. The molecule has 1 aromatic carbocycles. The van der Waals surface area contributed by atoms with E-state index in [4.69, 9.17) is 5.73 Å². The molecule has 26 heavy (non-hydrogen) atoms. The van der Waals surface area contributed by atoms with Crippen LogP contribution in [0.1, 0.15) is 71.1 Å². The van der Waals surface area contributed by atoms with Gasteiger partial charge in [-0.1, -0.05) is 94.7 Å². The van der Waals surface area contributed by atoms with Gasteiger partial charge in [0.25, 0.3) is 5.03 Å². The number of nitrogen functional groups attached to an aromatic ring is 1. The van der Waals surface area contributed by atoms with Crippen LogP contribution >= 0.6 is 11.8 Å². The molecular formula is C22H34N3S+. The Morgan fingerprint density at radius 1 is 0.885 bits per heavy atom. The van der Waals surface area contributed by atoms with E-state index in [0.717, 1.165) is 22.2 Å². The van der Waals surface area contributed by atoms with Crippen molar-refractivity contribution in [3.8, 4) is 5.69 Å². The first-order valence-corrected chi connectivity index (χ1v) is 11.2. The van der Waals surface area contributed by atoms with Gasteiger partial charge < -0.3 is 5.73 Å². The average molecular weight is 373 g/mol. The predicted octanol–water partition coefficient (Wildman–Crippen LogP) is 5.95. The van der Waals surface area contributed by atoms with E-state index < -0.39 is 0 Å². The lowest BCUT2D eigenvalue weighted by atomic mass is 10.1. The maximum atomic E-state index is 5.95. The van der Waals surface area contributed by atoms with Crippen LogP contribution in [0.5, 0.6) is 0 Å². The second-order valence-electron chi connectivity index (χ2n) is 6.90. The van der Waals surface area contributed by atoms with Crippen molar-refractivity contribution in [2.45, 2.75) is 76.2 Å². The van der Waals surface area contributed by atoms with E-state index in [-0.39, 0.29) is 0 Å². The molecule has 0 bridgehead atoms. The fraction of sp³-hybridized carbons (Fsp3) is 0.545. The third-order valence-electron chi connectivity index (χ3n) is 4.57. The highest BCUT2D eigenvalue weighted by molar-refractivity contribution is 7.99. The van der Waals surface area contributed by atoms with Crippen LogP contribution in [-0.4, -0.2) is 10.9 Å². The van der Waals surface area contributed by atoms with Gasteiger partial charge >= 0.3 is 0 Å². The highest BCUT2D eigenvalue weighted by Gasteiger charge is 2.16. The van der Waals surface area contributed by atoms with Gasteiger partial charge in [0.1, 0.15) is 6.20 Å². The minimum atomic E-state index is 0.725. The summed E-state index contributed by atoms with van der Waals surface area (Å²) in [5.41, 5.74) is 7.75. The van der Waals surface area contributed by atoms with E-state index in [1.807, 2.05) is 40.7 Å². The Morgan fingerprint density at radius 2 is 1.50 bits per heavy atom. The number of aromatic nitrogens is 2. The summed E-state index contributed by atoms with van der Waals surface area (Å²) in [6, 6.07) is 12.3. The van der Waals surface area contributed by atoms with Crippen LogP contribution in [0.2, 0.25) is 0 Å². The first-order valence-electron chi connectivity index (χ1n) is 10.2. The smallest absolute Gasteiger partial charge is 0.275 e. The Morgan fingerprint density at radius 3 is 2.15 bits per heavy atom. The summed E-state index contributed by atoms with van der Waals surface area (Å²) in [5.74, 6) is 1.12. The third kappa shape index (κ3) is 7.77. The number of anilines is 1. The second kappa shape index (κ2) is 12.7. The number of unbranched alkanes of at least 4 members (excludes halogenated alkanes) is 9. The van der Waals surface area contributed by atoms with Crippen molar-refractivity contribution in [3.05, 3.63) is 42.6 Å². The van der Waals surface area contributed by atoms with E-state index >= 15 is 0 Å². The van der Waals surface area contributed by atoms with Crippen LogP contribution in [0.15, 0.2) is 47.6 Å². The number of hydrogen-bond donors (Lipinski definition) is 1. The van der Waals surface area contributed by atoms with Crippen molar-refractivity contribution in [1.29, 1.82) is 0 Å². The summed E-state index contributed by atoms with van der Waals surface area (Å²) in [7, 11) is 0. The van der Waals surface area contributed by atoms with Crippen LogP contribution in [-0.2, 0) is 0 Å². The zero-order valence-electron chi connectivity index (χ0n) is 16.2. The molecule has 0 saturated carbocycles. The summed E-state index contributed by atoms with van der Waals surface area (Å²) in [5, 5.41) is 5.61. The van der Waals surface area contributed by atoms with E-state index in [0.29, 0.717) is 0 Å². The molecule has 0 aliphatic rings. The van der Waals surface area contributed by atoms with Gasteiger partial charge in [0.2, 0.25) is 5.69 Å². The van der Waals surface area contributed by atoms with Gasteiger partial charge in [0.15, 0.2) is 0 Å². The molecule has 4 heteroatoms. The maximum absolute atomic E-state index is 5.95. The van der Waals surface area contributed by atoms with Crippen LogP contribution < -0.4 is 10.4 Å². The molecule has 0 atom stereocenters. The molecule has 0 saturated heterocycles. The zero-order valence-corrected chi connectivity index (χ0v) is 17.0. The van der Waals surface area contributed by atoms with Gasteiger partial charge in [-0.3, -0.25) is 0 Å². The summed E-state index contributed by atoms with van der Waals surface area (Å²) >= 11 is 1.85. The molecule has 2 aromatic rings. The van der Waals surface area contributed by atoms with Crippen molar-refractivity contribution in [3.63, 3.8) is 0 Å². The maximum Gasteiger partial charge on any atom is 0.275 e. The quantitative estimate of drug-likeness (QED) is 0.268. The second-order valence-corrected chi connectivity index (χ2v) is 8.02. The van der Waals surface area contributed by atoms with E-state index in [9.17, 15) is 0 Å². The highest BCUT2D eigenvalue weighted by Crippen LogP contribution is 2.19. The summed E-state index contributed by atoms with van der Waals surface area (Å²) in [4.78, 5) is 0. The predicted molar refractivity (Wildman–Crippen MR) is 113 cm³/mol. The van der Waals surface area contributed by atoms with Crippen LogP contribution in [0, 0.1) is 0 Å². The Balaban J connectivity index is 1.66. The van der Waals surface area contributed by atoms with Gasteiger partial charge in [-0.25, -0.2) is 0 Å². The number of nitrogens with two attached hydrogens (primary N) is 1. The molecule has 0 spiro atoms. The largest absolute Gasteiger partial charge is 0.397 e. The Labute approximate surface area is 163 Å². The van der Waals surface area contributed by atoms with Crippen molar-refractivity contribution in [1.82, 2.24) is 5.10 Å². The fourth-order valence-electron chi connectivity index (χ4n) is 3.05. The third-order valence-corrected chi connectivity index (χ3v) is 5.65. The molecule has 1 aromatic heterocycles. The lowest BCUT2D eigenvalue weighted by Crippen LogP contribution is -2.37. The molecule has 0 amide bonds. The molecule has 3 nitrogen and oxygen atoms in total. The number of benzene rings is 1. The minimum absolute atomic E-state index is 0.725. The molecule has 0 aliphatic heterocycles. The molecule has 142 valence electrons. The molecule has 2 rings (SSSR count). The Hall–Kier alpha value is -1.55. The molecule has 2 N–H and O–H groups in total. The number of para-hydroxylation sites is 1. The van der Waals surface area contributed by atoms with Crippen molar-refractivity contribution >= 4 is 17.4 Å². The summed E-state index contributed by atoms with van der Waals surface area (Å²) in [6.07, 6.45) is 15.5. The van der Waals surface area contributed by atoms with Crippen molar-refractivity contribution in [2.24, 2.45) is 0 Å². The summed E-state index contributed by atoms with van der Waals surface area (Å²) < 4.78 is 1.98. The first kappa shape index (κ1) is 20.8. The molecular weight excluding hydrogens is 338 g/mol. The lowest BCUT2D eigenvalue weighted by Gasteiger charge is -2.03. The van der Waals surface area contributed by atoms with E-state index in [2.05, 4.69) is 24.2 Å². The van der Waals surface area contributed by atoms with Crippen molar-refractivity contribution < 1.29 is 4.68 Å².